The highest BCUT2D eigenvalue weighted by Crippen LogP contribution is 2.14. The van der Waals surface area contributed by atoms with Crippen molar-refractivity contribution in [3.63, 3.8) is 0 Å². The van der Waals surface area contributed by atoms with E-state index in [2.05, 4.69) is 23.9 Å². The molecule has 4 heteroatoms. The maximum absolute atomic E-state index is 5.62. The van der Waals surface area contributed by atoms with Crippen LogP contribution in [0.25, 0.3) is 0 Å². The third-order valence-corrected chi connectivity index (χ3v) is 3.12. The Morgan fingerprint density at radius 1 is 1.62 bits per heavy atom. The predicted octanol–water partition coefficient (Wildman–Crippen LogP) is 2.51. The molecule has 0 aliphatic rings. The van der Waals surface area contributed by atoms with Gasteiger partial charge >= 0.3 is 0 Å². The van der Waals surface area contributed by atoms with Crippen molar-refractivity contribution < 1.29 is 0 Å². The van der Waals surface area contributed by atoms with Crippen LogP contribution < -0.4 is 0 Å². The van der Waals surface area contributed by atoms with Crippen molar-refractivity contribution in [2.45, 2.75) is 19.9 Å². The van der Waals surface area contributed by atoms with Gasteiger partial charge in [0.05, 0.1) is 11.2 Å². The van der Waals surface area contributed by atoms with Crippen LogP contribution in [0, 0.1) is 6.92 Å². The fourth-order valence-corrected chi connectivity index (χ4v) is 2.11. The quantitative estimate of drug-likeness (QED) is 0.707. The van der Waals surface area contributed by atoms with Crippen LogP contribution >= 0.6 is 22.9 Å². The van der Waals surface area contributed by atoms with Gasteiger partial charge in [0.2, 0.25) is 0 Å². The second-order valence-electron chi connectivity index (χ2n) is 3.14. The molecular weight excluding hydrogens is 204 g/mol. The first-order valence-corrected chi connectivity index (χ1v) is 5.79. The van der Waals surface area contributed by atoms with Crippen LogP contribution in [0.5, 0.6) is 0 Å². The summed E-state index contributed by atoms with van der Waals surface area (Å²) in [5.41, 5.74) is 3.06. The largest absolute Gasteiger partial charge is 0.301 e. The van der Waals surface area contributed by atoms with E-state index in [-0.39, 0.29) is 0 Å². The maximum atomic E-state index is 5.62. The van der Waals surface area contributed by atoms with Gasteiger partial charge in [0.25, 0.3) is 0 Å². The number of rotatable bonds is 5. The highest BCUT2D eigenvalue weighted by atomic mass is 35.5. The Hall–Kier alpha value is -0.120. The molecule has 0 saturated heterocycles. The van der Waals surface area contributed by atoms with Gasteiger partial charge in [-0.25, -0.2) is 4.98 Å². The van der Waals surface area contributed by atoms with Gasteiger partial charge in [0, 0.05) is 17.3 Å². The van der Waals surface area contributed by atoms with E-state index >= 15 is 0 Å². The van der Waals surface area contributed by atoms with Crippen molar-refractivity contribution >= 4 is 22.9 Å². The summed E-state index contributed by atoms with van der Waals surface area (Å²) in [5, 5.41) is 0. The molecule has 0 aromatic carbocycles. The van der Waals surface area contributed by atoms with E-state index in [9.17, 15) is 0 Å². The van der Waals surface area contributed by atoms with Crippen molar-refractivity contribution in [2.24, 2.45) is 0 Å². The Labute approximate surface area is 88.5 Å². The lowest BCUT2D eigenvalue weighted by Crippen LogP contribution is -2.19. The number of halogens is 1. The minimum absolute atomic E-state index is 0.742. The highest BCUT2D eigenvalue weighted by Gasteiger charge is 2.04. The Bertz CT molecular complexity index is 250. The lowest BCUT2D eigenvalue weighted by molar-refractivity contribution is 0.330. The Morgan fingerprint density at radius 3 is 2.92 bits per heavy atom. The van der Waals surface area contributed by atoms with E-state index in [0.717, 1.165) is 31.1 Å². The lowest BCUT2D eigenvalue weighted by atomic mass is 10.3. The molecule has 0 amide bonds. The molecule has 0 spiro atoms. The maximum Gasteiger partial charge on any atom is 0.0798 e. The second kappa shape index (κ2) is 5.58. The Balaban J connectivity index is 2.36. The van der Waals surface area contributed by atoms with Crippen molar-refractivity contribution in [3.8, 4) is 0 Å². The molecule has 1 heterocycles. The molecule has 2 nitrogen and oxygen atoms in total. The van der Waals surface area contributed by atoms with Crippen LogP contribution in [0.1, 0.15) is 17.0 Å². The van der Waals surface area contributed by atoms with Gasteiger partial charge < -0.3 is 4.90 Å². The molecule has 0 radical (unpaired) electrons. The van der Waals surface area contributed by atoms with E-state index < -0.39 is 0 Å². The molecule has 0 aliphatic heterocycles. The molecule has 0 unspecified atom stereocenters. The third kappa shape index (κ3) is 3.63. The van der Waals surface area contributed by atoms with Gasteiger partial charge in [-0.2, -0.15) is 0 Å². The zero-order valence-electron chi connectivity index (χ0n) is 8.09. The summed E-state index contributed by atoms with van der Waals surface area (Å²) in [4.78, 5) is 7.85. The number of hydrogen-bond acceptors (Lipinski definition) is 3. The molecule has 0 atom stereocenters. The molecule has 0 bridgehead atoms. The summed E-state index contributed by atoms with van der Waals surface area (Å²) < 4.78 is 0. The van der Waals surface area contributed by atoms with Gasteiger partial charge in [-0.3, -0.25) is 0 Å². The number of thiazole rings is 1. The number of alkyl halides is 1. The summed E-state index contributed by atoms with van der Waals surface area (Å²) in [6, 6.07) is 0. The smallest absolute Gasteiger partial charge is 0.0798 e. The number of hydrogen-bond donors (Lipinski definition) is 0. The van der Waals surface area contributed by atoms with E-state index in [4.69, 9.17) is 11.6 Å². The van der Waals surface area contributed by atoms with Crippen molar-refractivity contribution in [1.82, 2.24) is 9.88 Å². The first-order valence-electron chi connectivity index (χ1n) is 4.37. The number of aryl methyl sites for hydroxylation is 1. The van der Waals surface area contributed by atoms with Crippen LogP contribution in [-0.2, 0) is 6.54 Å². The van der Waals surface area contributed by atoms with Crippen LogP contribution in [0.4, 0.5) is 0 Å². The molecule has 0 N–H and O–H groups in total. The first-order chi connectivity index (χ1) is 6.24. The molecule has 0 fully saturated rings. The molecule has 1 aromatic heterocycles. The van der Waals surface area contributed by atoms with Gasteiger partial charge in [0.15, 0.2) is 0 Å². The van der Waals surface area contributed by atoms with E-state index in [1.807, 2.05) is 5.51 Å². The van der Waals surface area contributed by atoms with Crippen LogP contribution in [-0.4, -0.2) is 29.4 Å². The van der Waals surface area contributed by atoms with Gasteiger partial charge in [-0.05, 0) is 26.9 Å². The Kier molecular flexibility index (Phi) is 4.70. The average molecular weight is 219 g/mol. The standard InChI is InChI=1S/C9H15ClN2S/c1-8-9(13-7-11-8)6-12(2)5-3-4-10/h7H,3-6H2,1-2H3. The van der Waals surface area contributed by atoms with E-state index in [0.29, 0.717) is 0 Å². The third-order valence-electron chi connectivity index (χ3n) is 1.93. The second-order valence-corrected chi connectivity index (χ2v) is 4.46. The molecule has 0 saturated carbocycles. The first kappa shape index (κ1) is 11.0. The van der Waals surface area contributed by atoms with Crippen LogP contribution in [0.3, 0.4) is 0 Å². The molecule has 13 heavy (non-hydrogen) atoms. The number of aromatic nitrogens is 1. The van der Waals surface area contributed by atoms with Crippen LogP contribution in [0.2, 0.25) is 0 Å². The predicted molar refractivity (Wildman–Crippen MR) is 58.5 cm³/mol. The summed E-state index contributed by atoms with van der Waals surface area (Å²) in [6.45, 7) is 4.11. The zero-order chi connectivity index (χ0) is 9.68. The Morgan fingerprint density at radius 2 is 2.38 bits per heavy atom. The van der Waals surface area contributed by atoms with Gasteiger partial charge in [0.1, 0.15) is 0 Å². The highest BCUT2D eigenvalue weighted by molar-refractivity contribution is 7.09. The molecular formula is C9H15ClN2S. The number of nitrogens with zero attached hydrogens (tertiary/aromatic N) is 2. The van der Waals surface area contributed by atoms with Crippen molar-refractivity contribution in [3.05, 3.63) is 16.1 Å². The van der Waals surface area contributed by atoms with E-state index in [1.54, 1.807) is 11.3 Å². The normalized spacial score (nSPS) is 11.1. The van der Waals surface area contributed by atoms with Crippen molar-refractivity contribution in [1.29, 1.82) is 0 Å². The summed E-state index contributed by atoms with van der Waals surface area (Å²) in [5.74, 6) is 0.742. The monoisotopic (exact) mass is 218 g/mol. The van der Waals surface area contributed by atoms with Crippen LogP contribution in [0.15, 0.2) is 5.51 Å². The van der Waals surface area contributed by atoms with Gasteiger partial charge in [-0.1, -0.05) is 0 Å². The lowest BCUT2D eigenvalue weighted by Gasteiger charge is -2.14. The molecule has 74 valence electrons. The zero-order valence-corrected chi connectivity index (χ0v) is 9.66. The minimum Gasteiger partial charge on any atom is -0.301 e. The molecule has 0 aliphatic carbocycles. The molecule has 1 aromatic rings. The fraction of sp³-hybridized carbons (Fsp3) is 0.667. The topological polar surface area (TPSA) is 16.1 Å². The summed E-state index contributed by atoms with van der Waals surface area (Å²) >= 11 is 7.35. The summed E-state index contributed by atoms with van der Waals surface area (Å²) in [7, 11) is 2.12. The minimum atomic E-state index is 0.742. The summed E-state index contributed by atoms with van der Waals surface area (Å²) in [6.07, 6.45) is 1.05. The average Bonchev–Trinajstić information content (AvgIpc) is 2.48. The van der Waals surface area contributed by atoms with Crippen molar-refractivity contribution in [2.75, 3.05) is 19.5 Å². The van der Waals surface area contributed by atoms with Gasteiger partial charge in [-0.15, -0.1) is 22.9 Å². The molecule has 1 rings (SSSR count). The fourth-order valence-electron chi connectivity index (χ4n) is 1.13. The SMILES string of the molecule is Cc1ncsc1CN(C)CCCCl. The van der Waals surface area contributed by atoms with E-state index in [1.165, 1.54) is 4.88 Å².